The van der Waals surface area contributed by atoms with Gasteiger partial charge in [-0.1, -0.05) is 20.8 Å². The quantitative estimate of drug-likeness (QED) is 0.828. The van der Waals surface area contributed by atoms with Crippen LogP contribution in [0.3, 0.4) is 0 Å². The molecule has 1 aliphatic rings. The highest BCUT2D eigenvalue weighted by atomic mass is 16.4. The summed E-state index contributed by atoms with van der Waals surface area (Å²) in [5.41, 5.74) is -0.0298. The smallest absolute Gasteiger partial charge is 0.306 e. The number of carboxylic acids is 1. The van der Waals surface area contributed by atoms with Gasteiger partial charge in [0.05, 0.1) is 5.92 Å². The fraction of sp³-hybridized carbons (Fsp3) is 0.929. The molecule has 3 nitrogen and oxygen atoms in total. The molecule has 4 atom stereocenters. The van der Waals surface area contributed by atoms with E-state index in [1.807, 2.05) is 0 Å². The van der Waals surface area contributed by atoms with Crippen molar-refractivity contribution >= 4 is 5.97 Å². The van der Waals surface area contributed by atoms with Crippen LogP contribution >= 0.6 is 0 Å². The second-order valence-electron chi connectivity index (χ2n) is 6.04. The number of aliphatic carboxylic acids is 1. The molecule has 1 aliphatic heterocycles. The summed E-state index contributed by atoms with van der Waals surface area (Å²) in [6.07, 6.45) is 2.75. The molecule has 0 aliphatic carbocycles. The van der Waals surface area contributed by atoms with Crippen LogP contribution in [0, 0.1) is 11.8 Å². The highest BCUT2D eigenvalue weighted by molar-refractivity contribution is 5.71. The first-order chi connectivity index (χ1) is 8.26. The number of nitrogens with zero attached hydrogens (tertiary/aromatic N) is 1. The fourth-order valence-corrected chi connectivity index (χ4v) is 3.37. The Bertz CT molecular complexity index is 323. The van der Waals surface area contributed by atoms with Gasteiger partial charge in [-0.2, -0.15) is 0 Å². The van der Waals surface area contributed by atoms with Gasteiger partial charge in [-0.05, 0) is 46.1 Å². The number of hydrogen-bond acceptors (Lipinski definition) is 3. The number of carbonyl (C=O) groups is 1. The molecule has 0 aromatic carbocycles. The highest BCUT2D eigenvalue weighted by Gasteiger charge is 2.52. The number of rotatable bonds is 3. The van der Waals surface area contributed by atoms with Gasteiger partial charge < -0.3 is 5.11 Å². The van der Waals surface area contributed by atoms with Crippen molar-refractivity contribution in [3.63, 3.8) is 0 Å². The van der Waals surface area contributed by atoms with Crippen LogP contribution in [-0.4, -0.2) is 34.1 Å². The van der Waals surface area contributed by atoms with Crippen LogP contribution in [0.2, 0.25) is 0 Å². The molecule has 0 spiro atoms. The molecule has 4 unspecified atom stereocenters. The SMILES string of the molecule is [3H]OC(=O)C1CC(C)(CC)N(C)C(C)(CC)C1C. The minimum Gasteiger partial charge on any atom is -0.481 e. The van der Waals surface area contributed by atoms with Gasteiger partial charge in [0.2, 0.25) is 0 Å². The third-order valence-electron chi connectivity index (χ3n) is 5.60. The van der Waals surface area contributed by atoms with Crippen molar-refractivity contribution in [3.05, 3.63) is 0 Å². The van der Waals surface area contributed by atoms with E-state index >= 15 is 0 Å². The Balaban J connectivity index is 3.17. The summed E-state index contributed by atoms with van der Waals surface area (Å²) in [6.45, 7) is 10.9. The van der Waals surface area contributed by atoms with E-state index in [4.69, 9.17) is 1.43 Å². The molecular formula is C14H27NO2. The Labute approximate surface area is 107 Å². The maximum Gasteiger partial charge on any atom is 0.306 e. The van der Waals surface area contributed by atoms with Crippen LogP contribution < -0.4 is 0 Å². The normalized spacial score (nSPS) is 44.2. The Hall–Kier alpha value is -0.570. The van der Waals surface area contributed by atoms with Crippen molar-refractivity contribution in [1.29, 1.82) is 1.43 Å². The van der Waals surface area contributed by atoms with Crippen LogP contribution in [0.15, 0.2) is 0 Å². The molecule has 0 bridgehead atoms. The predicted molar refractivity (Wildman–Crippen MR) is 70.1 cm³/mol. The van der Waals surface area contributed by atoms with Gasteiger partial charge in [-0.3, -0.25) is 9.69 Å². The van der Waals surface area contributed by atoms with Gasteiger partial charge in [-0.25, -0.2) is 0 Å². The molecule has 0 aromatic rings. The zero-order valence-corrected chi connectivity index (χ0v) is 12.0. The second-order valence-corrected chi connectivity index (χ2v) is 6.04. The molecule has 1 heterocycles. The third-order valence-corrected chi connectivity index (χ3v) is 5.60. The van der Waals surface area contributed by atoms with E-state index in [0.717, 1.165) is 19.3 Å². The number of likely N-dealkylation sites (tertiary alicyclic amines) is 1. The van der Waals surface area contributed by atoms with Crippen molar-refractivity contribution in [2.24, 2.45) is 11.8 Å². The van der Waals surface area contributed by atoms with E-state index in [9.17, 15) is 4.79 Å². The van der Waals surface area contributed by atoms with Crippen LogP contribution in [0.5, 0.6) is 0 Å². The zero-order chi connectivity index (χ0) is 14.1. The lowest BCUT2D eigenvalue weighted by Gasteiger charge is -2.58. The van der Waals surface area contributed by atoms with Gasteiger partial charge >= 0.3 is 5.97 Å². The lowest BCUT2D eigenvalue weighted by molar-refractivity contribution is -0.158. The molecule has 0 aromatic heterocycles. The summed E-state index contributed by atoms with van der Waals surface area (Å²) in [6, 6.07) is 0. The summed E-state index contributed by atoms with van der Waals surface area (Å²) in [5, 5.41) is 4.26. The Morgan fingerprint density at radius 3 is 2.47 bits per heavy atom. The average molecular weight is 243 g/mol. The summed E-state index contributed by atoms with van der Waals surface area (Å²) in [4.78, 5) is 14.3. The van der Waals surface area contributed by atoms with Crippen molar-refractivity contribution in [1.82, 2.24) is 4.90 Å². The molecule has 1 saturated heterocycles. The van der Waals surface area contributed by atoms with E-state index in [2.05, 4.69) is 51.7 Å². The second kappa shape index (κ2) is 4.60. The molecular weight excluding hydrogens is 214 g/mol. The number of carboxylic acid groups (broad SMARTS) is 1. The lowest BCUT2D eigenvalue weighted by atomic mass is 9.64. The van der Waals surface area contributed by atoms with E-state index in [1.165, 1.54) is 0 Å². The number of hydrogen-bond donors (Lipinski definition) is 1. The van der Waals surface area contributed by atoms with Crippen molar-refractivity contribution in [2.75, 3.05) is 7.05 Å². The van der Waals surface area contributed by atoms with Gasteiger partial charge in [0.15, 0.2) is 0 Å². The minimum absolute atomic E-state index is 0.00384. The summed E-state index contributed by atoms with van der Waals surface area (Å²) < 4.78 is 6.90. The first kappa shape index (κ1) is 12.9. The summed E-state index contributed by atoms with van der Waals surface area (Å²) >= 11 is 0. The predicted octanol–water partition coefficient (Wildman–Crippen LogP) is 3.00. The maximum atomic E-state index is 11.9. The average Bonchev–Trinajstić information content (AvgIpc) is 2.39. The van der Waals surface area contributed by atoms with E-state index in [-0.39, 0.29) is 28.9 Å². The third kappa shape index (κ3) is 2.10. The van der Waals surface area contributed by atoms with Gasteiger partial charge in [-0.15, -0.1) is 0 Å². The van der Waals surface area contributed by atoms with E-state index in [1.54, 1.807) is 0 Å². The standard InChI is InChI=1S/C14H27NO2/c1-7-13(4)9-11(12(16)17)10(3)14(5,8-2)15(13)6/h10-11H,7-9H2,1-6H3,(H,16,17)/i/hT. The Morgan fingerprint density at radius 2 is 2.06 bits per heavy atom. The molecule has 0 amide bonds. The van der Waals surface area contributed by atoms with E-state index in [0.29, 0.717) is 0 Å². The van der Waals surface area contributed by atoms with Crippen molar-refractivity contribution in [3.8, 4) is 0 Å². The first-order valence-corrected chi connectivity index (χ1v) is 6.67. The fourth-order valence-electron chi connectivity index (χ4n) is 3.37. The summed E-state index contributed by atoms with van der Waals surface area (Å²) in [5.74, 6) is -0.353. The molecule has 0 saturated carbocycles. The van der Waals surface area contributed by atoms with Crippen molar-refractivity contribution in [2.45, 2.75) is 65.0 Å². The Morgan fingerprint density at radius 1 is 1.47 bits per heavy atom. The van der Waals surface area contributed by atoms with Gasteiger partial charge in [0.25, 0.3) is 1.43 Å². The largest absolute Gasteiger partial charge is 0.481 e. The first-order valence-electron chi connectivity index (χ1n) is 7.08. The molecule has 1 N–H and O–H groups in total. The van der Waals surface area contributed by atoms with Crippen LogP contribution in [0.1, 0.15) is 53.9 Å². The molecule has 0 radical (unpaired) electrons. The Kier molecular flexibility index (Phi) is 3.48. The highest BCUT2D eigenvalue weighted by Crippen LogP contribution is 2.47. The molecule has 100 valence electrons. The number of piperidine rings is 1. The van der Waals surface area contributed by atoms with Crippen LogP contribution in [0.25, 0.3) is 1.43 Å². The monoisotopic (exact) mass is 243 g/mol. The van der Waals surface area contributed by atoms with Gasteiger partial charge in [0, 0.05) is 11.1 Å². The van der Waals surface area contributed by atoms with Crippen LogP contribution in [0.4, 0.5) is 0 Å². The summed E-state index contributed by atoms with van der Waals surface area (Å²) in [7, 11) is 2.16. The molecule has 1 fully saturated rings. The van der Waals surface area contributed by atoms with Crippen LogP contribution in [-0.2, 0) is 4.79 Å². The topological polar surface area (TPSA) is 40.5 Å². The zero-order valence-electron chi connectivity index (χ0n) is 13.0. The minimum atomic E-state index is -0.380. The maximum absolute atomic E-state index is 11.9. The molecule has 17 heavy (non-hydrogen) atoms. The van der Waals surface area contributed by atoms with Gasteiger partial charge in [0.1, 0.15) is 0 Å². The van der Waals surface area contributed by atoms with Crippen molar-refractivity contribution < 1.29 is 9.90 Å². The molecule has 1 rings (SSSR count). The van der Waals surface area contributed by atoms with E-state index < -0.39 is 0 Å². The molecule has 3 heteroatoms. The lowest BCUT2D eigenvalue weighted by Crippen LogP contribution is -2.65.